The van der Waals surface area contributed by atoms with Crippen LogP contribution in [-0.4, -0.2) is 23.2 Å². The maximum atomic E-state index is 12.6. The van der Waals surface area contributed by atoms with E-state index in [2.05, 4.69) is 20.4 Å². The number of carbonyl (C=O) groups excluding carboxylic acids is 2. The monoisotopic (exact) mass is 409 g/mol. The molecule has 156 valence electrons. The van der Waals surface area contributed by atoms with Gasteiger partial charge >= 0.3 is 6.36 Å². The second-order valence-corrected chi connectivity index (χ2v) is 7.34. The number of hydrogen-bond acceptors (Lipinski definition) is 4. The number of ether oxygens (including phenoxy) is 1. The summed E-state index contributed by atoms with van der Waals surface area (Å²) in [7, 11) is 0. The Bertz CT molecular complexity index is 860. The third-order valence-electron chi connectivity index (χ3n) is 4.83. The van der Waals surface area contributed by atoms with Crippen molar-refractivity contribution in [1.29, 1.82) is 0 Å². The van der Waals surface area contributed by atoms with Crippen LogP contribution in [-0.2, 0) is 14.3 Å². The molecule has 0 radical (unpaired) electrons. The zero-order valence-electron chi connectivity index (χ0n) is 16.0. The fourth-order valence-electron chi connectivity index (χ4n) is 3.07. The van der Waals surface area contributed by atoms with Crippen LogP contribution < -0.4 is 10.6 Å². The van der Waals surface area contributed by atoms with E-state index in [1.165, 1.54) is 12.2 Å². The Morgan fingerprint density at radius 1 is 1.28 bits per heavy atom. The number of halogens is 3. The number of aromatic nitrogens is 1. The Labute approximate surface area is 166 Å². The number of amides is 2. The van der Waals surface area contributed by atoms with Gasteiger partial charge in [0.1, 0.15) is 11.6 Å². The molecule has 0 saturated heterocycles. The summed E-state index contributed by atoms with van der Waals surface area (Å²) in [6, 6.07) is 3.04. The lowest BCUT2D eigenvalue weighted by molar-refractivity contribution is -0.306. The Morgan fingerprint density at radius 3 is 2.62 bits per heavy atom. The lowest BCUT2D eigenvalue weighted by Crippen LogP contribution is -2.31. The van der Waals surface area contributed by atoms with Crippen LogP contribution in [0, 0.1) is 11.8 Å². The van der Waals surface area contributed by atoms with Gasteiger partial charge in [-0.1, -0.05) is 6.92 Å². The SMILES string of the molecule is CC1CC(OC(F)(F)F)=CC=C1C(=O)NC(C)c1ccnc(NC(=O)C2CC2)c1. The molecule has 1 aromatic rings. The van der Waals surface area contributed by atoms with Gasteiger partial charge in [-0.25, -0.2) is 4.98 Å². The first-order valence-electron chi connectivity index (χ1n) is 9.36. The van der Waals surface area contributed by atoms with Gasteiger partial charge in [0, 0.05) is 24.1 Å². The average molecular weight is 409 g/mol. The molecule has 2 unspecified atom stereocenters. The van der Waals surface area contributed by atoms with Crippen molar-refractivity contribution >= 4 is 17.6 Å². The molecular weight excluding hydrogens is 387 g/mol. The van der Waals surface area contributed by atoms with Crippen molar-refractivity contribution < 1.29 is 27.5 Å². The number of pyridine rings is 1. The molecule has 2 aliphatic rings. The van der Waals surface area contributed by atoms with E-state index in [0.29, 0.717) is 11.4 Å². The van der Waals surface area contributed by atoms with Crippen LogP contribution in [0.25, 0.3) is 0 Å². The molecule has 1 aromatic heterocycles. The summed E-state index contributed by atoms with van der Waals surface area (Å²) >= 11 is 0. The second-order valence-electron chi connectivity index (χ2n) is 7.34. The first kappa shape index (κ1) is 20.9. The van der Waals surface area contributed by atoms with Crippen LogP contribution >= 0.6 is 0 Å². The molecule has 2 aliphatic carbocycles. The number of nitrogens with one attached hydrogen (secondary N) is 2. The van der Waals surface area contributed by atoms with Crippen LogP contribution in [0.2, 0.25) is 0 Å². The first-order valence-corrected chi connectivity index (χ1v) is 9.36. The van der Waals surface area contributed by atoms with Crippen molar-refractivity contribution in [2.45, 2.75) is 45.5 Å². The fraction of sp³-hybridized carbons (Fsp3) is 0.450. The molecule has 0 bridgehead atoms. The van der Waals surface area contributed by atoms with Gasteiger partial charge in [-0.2, -0.15) is 0 Å². The summed E-state index contributed by atoms with van der Waals surface area (Å²) in [5.41, 5.74) is 1.13. The fourth-order valence-corrected chi connectivity index (χ4v) is 3.07. The Balaban J connectivity index is 1.63. The quantitative estimate of drug-likeness (QED) is 0.745. The molecule has 9 heteroatoms. The predicted molar refractivity (Wildman–Crippen MR) is 99.2 cm³/mol. The van der Waals surface area contributed by atoms with E-state index >= 15 is 0 Å². The first-order chi connectivity index (χ1) is 13.6. The average Bonchev–Trinajstić information content (AvgIpc) is 3.45. The number of rotatable bonds is 6. The Hall–Kier alpha value is -2.84. The number of allylic oxidation sites excluding steroid dienone is 3. The van der Waals surface area contributed by atoms with E-state index in [0.717, 1.165) is 18.4 Å². The standard InChI is InChI=1S/C20H22F3N3O3/c1-11-9-15(29-20(21,22)23)5-6-16(11)19(28)25-12(2)14-7-8-24-17(10-14)26-18(27)13-3-4-13/h5-8,10-13H,3-4,9H2,1-2H3,(H,25,28)(H,24,26,27). The molecule has 3 rings (SSSR count). The zero-order valence-corrected chi connectivity index (χ0v) is 16.0. The van der Waals surface area contributed by atoms with Crippen molar-refractivity contribution in [3.05, 3.63) is 47.4 Å². The summed E-state index contributed by atoms with van der Waals surface area (Å²) in [6.45, 7) is 3.45. The molecule has 6 nitrogen and oxygen atoms in total. The van der Waals surface area contributed by atoms with Crippen LogP contribution in [0.15, 0.2) is 41.8 Å². The third kappa shape index (κ3) is 5.82. The minimum atomic E-state index is -4.75. The Kier molecular flexibility index (Phi) is 5.95. The normalized spacial score (nSPS) is 20.2. The van der Waals surface area contributed by atoms with E-state index in [1.54, 1.807) is 32.2 Å². The molecule has 0 spiro atoms. The van der Waals surface area contributed by atoms with Gasteiger partial charge in [-0.15, -0.1) is 13.2 Å². The molecule has 1 heterocycles. The highest BCUT2D eigenvalue weighted by molar-refractivity contribution is 5.95. The van der Waals surface area contributed by atoms with E-state index in [-0.39, 0.29) is 36.0 Å². The number of hydrogen-bond donors (Lipinski definition) is 2. The van der Waals surface area contributed by atoms with Crippen LogP contribution in [0.3, 0.4) is 0 Å². The smallest absolute Gasteiger partial charge is 0.410 e. The van der Waals surface area contributed by atoms with Crippen molar-refractivity contribution in [3.8, 4) is 0 Å². The molecule has 0 aromatic carbocycles. The topological polar surface area (TPSA) is 80.3 Å². The summed E-state index contributed by atoms with van der Waals surface area (Å²) in [4.78, 5) is 28.6. The lowest BCUT2D eigenvalue weighted by atomic mass is 9.91. The highest BCUT2D eigenvalue weighted by Gasteiger charge is 2.34. The van der Waals surface area contributed by atoms with Crippen molar-refractivity contribution in [2.75, 3.05) is 5.32 Å². The maximum absolute atomic E-state index is 12.6. The Morgan fingerprint density at radius 2 is 2.00 bits per heavy atom. The number of nitrogens with zero attached hydrogens (tertiary/aromatic N) is 1. The third-order valence-corrected chi connectivity index (χ3v) is 4.83. The molecule has 29 heavy (non-hydrogen) atoms. The van der Waals surface area contributed by atoms with E-state index in [4.69, 9.17) is 0 Å². The van der Waals surface area contributed by atoms with Crippen molar-refractivity contribution in [2.24, 2.45) is 11.8 Å². The minimum absolute atomic E-state index is 0.0141. The van der Waals surface area contributed by atoms with Crippen molar-refractivity contribution in [1.82, 2.24) is 10.3 Å². The van der Waals surface area contributed by atoms with Gasteiger partial charge in [0.2, 0.25) is 11.8 Å². The second kappa shape index (κ2) is 8.26. The lowest BCUT2D eigenvalue weighted by Gasteiger charge is -2.23. The summed E-state index contributed by atoms with van der Waals surface area (Å²) in [5, 5.41) is 5.59. The van der Waals surface area contributed by atoms with Gasteiger partial charge in [-0.3, -0.25) is 9.59 Å². The summed E-state index contributed by atoms with van der Waals surface area (Å²) in [6.07, 6.45) is 1.08. The van der Waals surface area contributed by atoms with Crippen LogP contribution in [0.1, 0.15) is 44.7 Å². The van der Waals surface area contributed by atoms with Gasteiger partial charge < -0.3 is 15.4 Å². The molecule has 1 fully saturated rings. The van der Waals surface area contributed by atoms with Crippen LogP contribution in [0.5, 0.6) is 0 Å². The van der Waals surface area contributed by atoms with Gasteiger partial charge in [0.15, 0.2) is 0 Å². The maximum Gasteiger partial charge on any atom is 0.572 e. The van der Waals surface area contributed by atoms with E-state index in [9.17, 15) is 22.8 Å². The van der Waals surface area contributed by atoms with Crippen molar-refractivity contribution in [3.63, 3.8) is 0 Å². The molecule has 2 amide bonds. The van der Waals surface area contributed by atoms with Gasteiger partial charge in [0.05, 0.1) is 6.04 Å². The van der Waals surface area contributed by atoms with E-state index < -0.39 is 12.3 Å². The number of alkyl halides is 3. The number of anilines is 1. The largest absolute Gasteiger partial charge is 0.572 e. The van der Waals surface area contributed by atoms with Gasteiger partial charge in [0.25, 0.3) is 0 Å². The highest BCUT2D eigenvalue weighted by atomic mass is 19.4. The predicted octanol–water partition coefficient (Wildman–Crippen LogP) is 3.99. The minimum Gasteiger partial charge on any atom is -0.410 e. The number of carbonyl (C=O) groups is 2. The zero-order chi connectivity index (χ0) is 21.2. The van der Waals surface area contributed by atoms with E-state index in [1.807, 2.05) is 0 Å². The summed E-state index contributed by atoms with van der Waals surface area (Å²) < 4.78 is 41.0. The van der Waals surface area contributed by atoms with Crippen LogP contribution in [0.4, 0.5) is 19.0 Å². The molecule has 1 saturated carbocycles. The van der Waals surface area contributed by atoms with Gasteiger partial charge in [-0.05, 0) is 55.5 Å². The molecule has 2 N–H and O–H groups in total. The summed E-state index contributed by atoms with van der Waals surface area (Å²) in [5.74, 6) is -0.599. The molecule has 2 atom stereocenters. The molecule has 0 aliphatic heterocycles. The molecular formula is C20H22F3N3O3. The highest BCUT2D eigenvalue weighted by Crippen LogP contribution is 2.31.